The summed E-state index contributed by atoms with van der Waals surface area (Å²) in [5, 5.41) is 3.49. The van der Waals surface area contributed by atoms with Gasteiger partial charge in [0, 0.05) is 30.5 Å². The Morgan fingerprint density at radius 3 is 2.59 bits per heavy atom. The third-order valence-electron chi connectivity index (χ3n) is 5.02. The van der Waals surface area contributed by atoms with Crippen LogP contribution < -0.4 is 15.8 Å². The third kappa shape index (κ3) is 3.40. The number of ether oxygens (including phenoxy) is 1. The minimum atomic E-state index is -0.0183. The van der Waals surface area contributed by atoms with E-state index in [1.54, 1.807) is 10.6 Å². The number of anilines is 2. The van der Waals surface area contributed by atoms with Crippen LogP contribution in [0.25, 0.3) is 5.65 Å². The lowest BCUT2D eigenvalue weighted by atomic mass is 10.1. The van der Waals surface area contributed by atoms with Gasteiger partial charge in [0.15, 0.2) is 0 Å². The van der Waals surface area contributed by atoms with E-state index in [2.05, 4.69) is 17.1 Å². The van der Waals surface area contributed by atoms with Gasteiger partial charge in [0.1, 0.15) is 11.5 Å². The molecule has 0 saturated carbocycles. The summed E-state index contributed by atoms with van der Waals surface area (Å²) >= 11 is 0. The smallest absolute Gasteiger partial charge is 0.262 e. The molecule has 1 unspecified atom stereocenters. The maximum Gasteiger partial charge on any atom is 0.262 e. The number of para-hydroxylation sites is 1. The molecule has 0 aliphatic carbocycles. The van der Waals surface area contributed by atoms with E-state index < -0.39 is 0 Å². The standard InChI is InChI=1S/C21H24N4O2/c1-15-19(24-11-13-27-14-12-24)23-20-18(9-6-10-25(20)21(15)26)16(2)22-17-7-4-3-5-8-17/h3-10,16,22H,11-14H2,1-2H3. The molecule has 1 saturated heterocycles. The van der Waals surface area contributed by atoms with Crippen molar-refractivity contribution >= 4 is 17.2 Å². The summed E-state index contributed by atoms with van der Waals surface area (Å²) in [5.74, 6) is 0.766. The van der Waals surface area contributed by atoms with Crippen molar-refractivity contribution in [3.05, 3.63) is 70.1 Å². The fourth-order valence-electron chi connectivity index (χ4n) is 3.54. The fourth-order valence-corrected chi connectivity index (χ4v) is 3.54. The highest BCUT2D eigenvalue weighted by Gasteiger charge is 2.20. The molecular formula is C21H24N4O2. The molecule has 1 fully saturated rings. The van der Waals surface area contributed by atoms with Crippen LogP contribution >= 0.6 is 0 Å². The molecule has 0 radical (unpaired) electrons. The first-order valence-corrected chi connectivity index (χ1v) is 9.31. The molecule has 3 heterocycles. The highest BCUT2D eigenvalue weighted by molar-refractivity contribution is 5.59. The molecule has 6 heteroatoms. The first-order valence-electron chi connectivity index (χ1n) is 9.31. The monoisotopic (exact) mass is 364 g/mol. The molecule has 1 N–H and O–H groups in total. The Morgan fingerprint density at radius 1 is 1.11 bits per heavy atom. The number of hydrogen-bond acceptors (Lipinski definition) is 5. The number of nitrogens with one attached hydrogen (secondary N) is 1. The number of aromatic nitrogens is 2. The van der Waals surface area contributed by atoms with Gasteiger partial charge in [-0.3, -0.25) is 9.20 Å². The zero-order chi connectivity index (χ0) is 18.8. The van der Waals surface area contributed by atoms with Gasteiger partial charge < -0.3 is 15.0 Å². The van der Waals surface area contributed by atoms with Crippen molar-refractivity contribution in [2.45, 2.75) is 19.9 Å². The second kappa shape index (κ2) is 7.40. The Hall–Kier alpha value is -2.86. The van der Waals surface area contributed by atoms with Gasteiger partial charge in [0.05, 0.1) is 24.8 Å². The summed E-state index contributed by atoms with van der Waals surface area (Å²) in [4.78, 5) is 20.0. The van der Waals surface area contributed by atoms with Gasteiger partial charge in [-0.15, -0.1) is 0 Å². The zero-order valence-electron chi connectivity index (χ0n) is 15.7. The predicted octanol–water partition coefficient (Wildman–Crippen LogP) is 3.01. The first kappa shape index (κ1) is 17.5. The summed E-state index contributed by atoms with van der Waals surface area (Å²) in [6.45, 7) is 6.77. The summed E-state index contributed by atoms with van der Waals surface area (Å²) in [7, 11) is 0. The van der Waals surface area contributed by atoms with Crippen LogP contribution in [0.1, 0.15) is 24.1 Å². The van der Waals surface area contributed by atoms with Crippen LogP contribution in [-0.2, 0) is 4.74 Å². The lowest BCUT2D eigenvalue weighted by molar-refractivity contribution is 0.122. The van der Waals surface area contributed by atoms with Gasteiger partial charge in [0.2, 0.25) is 0 Å². The molecule has 4 rings (SSSR count). The normalized spacial score (nSPS) is 15.7. The van der Waals surface area contributed by atoms with E-state index in [1.165, 1.54) is 0 Å². The molecule has 3 aromatic rings. The molecule has 1 aliphatic rings. The van der Waals surface area contributed by atoms with Crippen molar-refractivity contribution in [1.82, 2.24) is 9.38 Å². The number of fused-ring (bicyclic) bond motifs is 1. The van der Waals surface area contributed by atoms with Crippen molar-refractivity contribution < 1.29 is 4.74 Å². The maximum absolute atomic E-state index is 13.0. The van der Waals surface area contributed by atoms with Crippen molar-refractivity contribution in [2.75, 3.05) is 36.5 Å². The minimum Gasteiger partial charge on any atom is -0.378 e. The van der Waals surface area contributed by atoms with Gasteiger partial charge in [-0.25, -0.2) is 4.98 Å². The van der Waals surface area contributed by atoms with Crippen LogP contribution in [0.2, 0.25) is 0 Å². The molecule has 0 bridgehead atoms. The molecule has 0 spiro atoms. The van der Waals surface area contributed by atoms with Crippen LogP contribution in [0.5, 0.6) is 0 Å². The third-order valence-corrected chi connectivity index (χ3v) is 5.02. The zero-order valence-corrected chi connectivity index (χ0v) is 15.7. The Balaban J connectivity index is 1.79. The van der Waals surface area contributed by atoms with Crippen molar-refractivity contribution in [3.63, 3.8) is 0 Å². The maximum atomic E-state index is 13.0. The topological polar surface area (TPSA) is 58.9 Å². The van der Waals surface area contributed by atoms with E-state index in [1.807, 2.05) is 49.4 Å². The van der Waals surface area contributed by atoms with E-state index in [9.17, 15) is 4.79 Å². The van der Waals surface area contributed by atoms with Crippen LogP contribution in [-0.4, -0.2) is 35.7 Å². The number of morpholine rings is 1. The van der Waals surface area contributed by atoms with E-state index in [0.29, 0.717) is 24.4 Å². The average molecular weight is 364 g/mol. The molecule has 1 atom stereocenters. The van der Waals surface area contributed by atoms with E-state index in [4.69, 9.17) is 9.72 Å². The predicted molar refractivity (Wildman–Crippen MR) is 108 cm³/mol. The molecule has 0 amide bonds. The van der Waals surface area contributed by atoms with Gasteiger partial charge >= 0.3 is 0 Å². The number of hydrogen-bond donors (Lipinski definition) is 1. The highest BCUT2D eigenvalue weighted by Crippen LogP contribution is 2.24. The summed E-state index contributed by atoms with van der Waals surface area (Å²) in [6.07, 6.45) is 1.79. The molecule has 27 heavy (non-hydrogen) atoms. The number of rotatable bonds is 4. The molecule has 1 aromatic carbocycles. The quantitative estimate of drug-likeness (QED) is 0.771. The second-order valence-corrected chi connectivity index (χ2v) is 6.85. The van der Waals surface area contributed by atoms with Crippen molar-refractivity contribution in [3.8, 4) is 0 Å². The fraction of sp³-hybridized carbons (Fsp3) is 0.333. The van der Waals surface area contributed by atoms with Gasteiger partial charge in [-0.2, -0.15) is 0 Å². The molecule has 1 aliphatic heterocycles. The highest BCUT2D eigenvalue weighted by atomic mass is 16.5. The molecule has 2 aromatic heterocycles. The SMILES string of the molecule is Cc1c(N2CCOCC2)nc2c(C(C)Nc3ccccc3)cccn2c1=O. The summed E-state index contributed by atoms with van der Waals surface area (Å²) < 4.78 is 7.09. The largest absolute Gasteiger partial charge is 0.378 e. The van der Waals surface area contributed by atoms with Crippen LogP contribution in [0.4, 0.5) is 11.5 Å². The molecular weight excluding hydrogens is 340 g/mol. The lowest BCUT2D eigenvalue weighted by Gasteiger charge is -2.29. The van der Waals surface area contributed by atoms with Crippen LogP contribution in [0.3, 0.4) is 0 Å². The summed E-state index contributed by atoms with van der Waals surface area (Å²) in [5.41, 5.74) is 3.39. The number of pyridine rings is 1. The van der Waals surface area contributed by atoms with Gasteiger partial charge in [0.25, 0.3) is 5.56 Å². The van der Waals surface area contributed by atoms with Gasteiger partial charge in [-0.05, 0) is 32.0 Å². The van der Waals surface area contributed by atoms with E-state index in [0.717, 1.165) is 30.2 Å². The molecule has 6 nitrogen and oxygen atoms in total. The van der Waals surface area contributed by atoms with Gasteiger partial charge in [-0.1, -0.05) is 24.3 Å². The van der Waals surface area contributed by atoms with Crippen LogP contribution in [0, 0.1) is 6.92 Å². The Bertz CT molecular complexity index is 994. The number of benzene rings is 1. The Morgan fingerprint density at radius 2 is 1.85 bits per heavy atom. The Kier molecular flexibility index (Phi) is 4.81. The summed E-state index contributed by atoms with van der Waals surface area (Å²) in [6, 6.07) is 14.0. The second-order valence-electron chi connectivity index (χ2n) is 6.85. The van der Waals surface area contributed by atoms with Crippen LogP contribution in [0.15, 0.2) is 53.5 Å². The minimum absolute atomic E-state index is 0.00995. The molecule has 140 valence electrons. The number of nitrogens with zero attached hydrogens (tertiary/aromatic N) is 3. The van der Waals surface area contributed by atoms with Crippen molar-refractivity contribution in [2.24, 2.45) is 0 Å². The van der Waals surface area contributed by atoms with E-state index >= 15 is 0 Å². The average Bonchev–Trinajstić information content (AvgIpc) is 2.71. The Labute approximate surface area is 158 Å². The first-order chi connectivity index (χ1) is 13.1. The van der Waals surface area contributed by atoms with E-state index in [-0.39, 0.29) is 11.6 Å². The lowest BCUT2D eigenvalue weighted by Crippen LogP contribution is -2.38. The van der Waals surface area contributed by atoms with Crippen molar-refractivity contribution in [1.29, 1.82) is 0 Å².